The number of benzene rings is 2. The third-order valence-electron chi connectivity index (χ3n) is 3.32. The minimum Gasteiger partial charge on any atom is -0.309 e. The normalized spacial score (nSPS) is 12.4. The van der Waals surface area contributed by atoms with E-state index < -0.39 is 17.7 Å². The minimum atomic E-state index is -0.523. The second-order valence-electron chi connectivity index (χ2n) is 4.98. The van der Waals surface area contributed by atoms with Gasteiger partial charge in [0.05, 0.1) is 0 Å². The molecule has 4 heteroatoms. The van der Waals surface area contributed by atoms with E-state index in [0.717, 1.165) is 12.0 Å². The lowest BCUT2D eigenvalue weighted by atomic mass is 9.97. The zero-order valence-electron chi connectivity index (χ0n) is 11.9. The molecule has 1 atom stereocenters. The molecule has 0 amide bonds. The van der Waals surface area contributed by atoms with Crippen LogP contribution < -0.4 is 5.32 Å². The Morgan fingerprint density at radius 2 is 1.76 bits per heavy atom. The molecule has 0 aliphatic heterocycles. The van der Waals surface area contributed by atoms with Crippen molar-refractivity contribution >= 4 is 11.6 Å². The predicted octanol–water partition coefficient (Wildman–Crippen LogP) is 4.90. The van der Waals surface area contributed by atoms with Crippen molar-refractivity contribution in [3.8, 4) is 0 Å². The standard InChI is InChI=1S/C17H18ClF2N/c1-2-9-21-16(11-12-5-3-6-13(18)10-12)17-14(19)7-4-8-15(17)20/h3-8,10,16,21H,2,9,11H2,1H3. The molecule has 2 aromatic rings. The van der Waals surface area contributed by atoms with Crippen LogP contribution in [0.4, 0.5) is 8.78 Å². The van der Waals surface area contributed by atoms with Gasteiger partial charge in [0.25, 0.3) is 0 Å². The van der Waals surface area contributed by atoms with Crippen LogP contribution in [0.3, 0.4) is 0 Å². The summed E-state index contributed by atoms with van der Waals surface area (Å²) in [6, 6.07) is 10.9. The molecule has 112 valence electrons. The van der Waals surface area contributed by atoms with Gasteiger partial charge >= 0.3 is 0 Å². The molecule has 0 fully saturated rings. The van der Waals surface area contributed by atoms with Crippen molar-refractivity contribution in [3.05, 3.63) is 70.2 Å². The van der Waals surface area contributed by atoms with Crippen LogP contribution in [0.2, 0.25) is 5.02 Å². The van der Waals surface area contributed by atoms with Crippen LogP contribution >= 0.6 is 11.6 Å². The van der Waals surface area contributed by atoms with Crippen LogP contribution in [0.25, 0.3) is 0 Å². The van der Waals surface area contributed by atoms with E-state index in [0.29, 0.717) is 18.0 Å². The average Bonchev–Trinajstić information content (AvgIpc) is 2.44. The molecule has 0 aromatic heterocycles. The Labute approximate surface area is 128 Å². The summed E-state index contributed by atoms with van der Waals surface area (Å²) in [5, 5.41) is 3.83. The summed E-state index contributed by atoms with van der Waals surface area (Å²) in [5.74, 6) is -1.05. The first-order valence-electron chi connectivity index (χ1n) is 7.03. The molecule has 1 unspecified atom stereocenters. The summed E-state index contributed by atoms with van der Waals surface area (Å²) >= 11 is 5.97. The molecular formula is C17H18ClF2N. The SMILES string of the molecule is CCCNC(Cc1cccc(Cl)c1)c1c(F)cccc1F. The van der Waals surface area contributed by atoms with E-state index in [1.807, 2.05) is 25.1 Å². The highest BCUT2D eigenvalue weighted by Gasteiger charge is 2.20. The van der Waals surface area contributed by atoms with E-state index in [-0.39, 0.29) is 5.56 Å². The third-order valence-corrected chi connectivity index (χ3v) is 3.55. The van der Waals surface area contributed by atoms with Crippen LogP contribution in [0, 0.1) is 11.6 Å². The Kier molecular flexibility index (Phi) is 5.71. The zero-order chi connectivity index (χ0) is 15.2. The first-order valence-corrected chi connectivity index (χ1v) is 7.41. The molecule has 0 radical (unpaired) electrons. The Balaban J connectivity index is 2.30. The number of hydrogen-bond acceptors (Lipinski definition) is 1. The maximum absolute atomic E-state index is 14.0. The molecule has 1 nitrogen and oxygen atoms in total. The van der Waals surface area contributed by atoms with Gasteiger partial charge in [-0.2, -0.15) is 0 Å². The van der Waals surface area contributed by atoms with Crippen LogP contribution in [-0.4, -0.2) is 6.54 Å². The van der Waals surface area contributed by atoms with Gasteiger partial charge in [0.15, 0.2) is 0 Å². The summed E-state index contributed by atoms with van der Waals surface area (Å²) in [4.78, 5) is 0. The van der Waals surface area contributed by atoms with E-state index in [1.54, 1.807) is 6.07 Å². The van der Waals surface area contributed by atoms with Crippen molar-refractivity contribution in [2.45, 2.75) is 25.8 Å². The molecular weight excluding hydrogens is 292 g/mol. The van der Waals surface area contributed by atoms with E-state index in [2.05, 4.69) is 5.32 Å². The van der Waals surface area contributed by atoms with Crippen molar-refractivity contribution in [1.82, 2.24) is 5.32 Å². The second-order valence-corrected chi connectivity index (χ2v) is 5.41. The van der Waals surface area contributed by atoms with E-state index in [9.17, 15) is 8.78 Å². The van der Waals surface area contributed by atoms with Crippen LogP contribution in [-0.2, 0) is 6.42 Å². The molecule has 2 rings (SSSR count). The first-order chi connectivity index (χ1) is 10.1. The minimum absolute atomic E-state index is 0.0888. The molecule has 0 saturated heterocycles. The van der Waals surface area contributed by atoms with Crippen molar-refractivity contribution in [2.24, 2.45) is 0 Å². The fourth-order valence-electron chi connectivity index (χ4n) is 2.34. The first kappa shape index (κ1) is 15.9. The number of hydrogen-bond donors (Lipinski definition) is 1. The summed E-state index contributed by atoms with van der Waals surface area (Å²) in [6.07, 6.45) is 1.38. The molecule has 1 N–H and O–H groups in total. The van der Waals surface area contributed by atoms with Crippen LogP contribution in [0.15, 0.2) is 42.5 Å². The highest BCUT2D eigenvalue weighted by atomic mass is 35.5. The number of halogens is 3. The third kappa shape index (κ3) is 4.26. The largest absolute Gasteiger partial charge is 0.309 e. The summed E-state index contributed by atoms with van der Waals surface area (Å²) < 4.78 is 28.0. The fourth-order valence-corrected chi connectivity index (χ4v) is 2.55. The molecule has 0 aliphatic rings. The lowest BCUT2D eigenvalue weighted by Gasteiger charge is -2.20. The van der Waals surface area contributed by atoms with Crippen LogP contribution in [0.1, 0.15) is 30.5 Å². The Hall–Kier alpha value is -1.45. The monoisotopic (exact) mass is 309 g/mol. The molecule has 2 aromatic carbocycles. The molecule has 21 heavy (non-hydrogen) atoms. The molecule has 0 heterocycles. The Bertz CT molecular complexity index is 581. The molecule has 0 saturated carbocycles. The van der Waals surface area contributed by atoms with Gasteiger partial charge in [0.1, 0.15) is 11.6 Å². The van der Waals surface area contributed by atoms with Crippen molar-refractivity contribution in [1.29, 1.82) is 0 Å². The Morgan fingerprint density at radius 1 is 1.10 bits per heavy atom. The van der Waals surface area contributed by atoms with Gasteiger partial charge < -0.3 is 5.32 Å². The molecule has 0 bridgehead atoms. The van der Waals surface area contributed by atoms with Gasteiger partial charge in [-0.25, -0.2) is 8.78 Å². The van der Waals surface area contributed by atoms with Crippen molar-refractivity contribution < 1.29 is 8.78 Å². The van der Waals surface area contributed by atoms with Gasteiger partial charge in [-0.3, -0.25) is 0 Å². The molecule has 0 aliphatic carbocycles. The topological polar surface area (TPSA) is 12.0 Å². The van der Waals surface area contributed by atoms with Crippen molar-refractivity contribution in [2.75, 3.05) is 6.54 Å². The second kappa shape index (κ2) is 7.53. The van der Waals surface area contributed by atoms with Gasteiger partial charge in [0.2, 0.25) is 0 Å². The predicted molar refractivity (Wildman–Crippen MR) is 82.5 cm³/mol. The lowest BCUT2D eigenvalue weighted by Crippen LogP contribution is -2.26. The van der Waals surface area contributed by atoms with Crippen LogP contribution in [0.5, 0.6) is 0 Å². The summed E-state index contributed by atoms with van der Waals surface area (Å²) in [7, 11) is 0. The maximum atomic E-state index is 14.0. The number of nitrogens with one attached hydrogen (secondary N) is 1. The van der Waals surface area contributed by atoms with Gasteiger partial charge in [-0.15, -0.1) is 0 Å². The lowest BCUT2D eigenvalue weighted by molar-refractivity contribution is 0.464. The van der Waals surface area contributed by atoms with E-state index in [1.165, 1.54) is 18.2 Å². The van der Waals surface area contributed by atoms with E-state index in [4.69, 9.17) is 11.6 Å². The van der Waals surface area contributed by atoms with Crippen molar-refractivity contribution in [3.63, 3.8) is 0 Å². The van der Waals surface area contributed by atoms with E-state index >= 15 is 0 Å². The highest BCUT2D eigenvalue weighted by Crippen LogP contribution is 2.25. The quantitative estimate of drug-likeness (QED) is 0.800. The average molecular weight is 310 g/mol. The van der Waals surface area contributed by atoms with Gasteiger partial charge in [-0.05, 0) is 49.2 Å². The summed E-state index contributed by atoms with van der Waals surface area (Å²) in [5.41, 5.74) is 1.03. The smallest absolute Gasteiger partial charge is 0.130 e. The number of rotatable bonds is 6. The van der Waals surface area contributed by atoms with Gasteiger partial charge in [0, 0.05) is 16.6 Å². The maximum Gasteiger partial charge on any atom is 0.130 e. The Morgan fingerprint density at radius 3 is 2.38 bits per heavy atom. The zero-order valence-corrected chi connectivity index (χ0v) is 12.6. The van der Waals surface area contributed by atoms with Gasteiger partial charge in [-0.1, -0.05) is 36.7 Å². The fraction of sp³-hybridized carbons (Fsp3) is 0.294. The highest BCUT2D eigenvalue weighted by molar-refractivity contribution is 6.30. The summed E-state index contributed by atoms with van der Waals surface area (Å²) in [6.45, 7) is 2.71. The molecule has 0 spiro atoms.